The van der Waals surface area contributed by atoms with Crippen LogP contribution in [0.15, 0.2) is 10.4 Å². The molecule has 1 heterocycles. The van der Waals surface area contributed by atoms with Crippen LogP contribution in [0.5, 0.6) is 0 Å². The van der Waals surface area contributed by atoms with Gasteiger partial charge in [-0.25, -0.2) is 0 Å². The fourth-order valence-corrected chi connectivity index (χ4v) is 1.56. The van der Waals surface area contributed by atoms with Gasteiger partial charge in [-0.3, -0.25) is 4.79 Å². The highest BCUT2D eigenvalue weighted by atomic mass is 35.5. The van der Waals surface area contributed by atoms with E-state index in [9.17, 15) is 4.79 Å². The minimum Gasteiger partial charge on any atom is -0.295 e. The van der Waals surface area contributed by atoms with E-state index in [-0.39, 0.29) is 5.78 Å². The smallest absolute Gasteiger partial charge is 0.158 e. The van der Waals surface area contributed by atoms with Gasteiger partial charge in [0.2, 0.25) is 0 Å². The van der Waals surface area contributed by atoms with Gasteiger partial charge in [-0.15, -0.1) is 11.8 Å². The summed E-state index contributed by atoms with van der Waals surface area (Å²) < 4.78 is 0.626. The summed E-state index contributed by atoms with van der Waals surface area (Å²) in [5.41, 5.74) is 0. The van der Waals surface area contributed by atoms with Crippen molar-refractivity contribution in [3.63, 3.8) is 0 Å². The van der Waals surface area contributed by atoms with Crippen LogP contribution in [-0.4, -0.2) is 11.5 Å². The molecule has 0 aromatic carbocycles. The molecule has 44 valence electrons. The van der Waals surface area contributed by atoms with E-state index in [1.54, 1.807) is 0 Å². The van der Waals surface area contributed by atoms with E-state index in [2.05, 4.69) is 0 Å². The molecule has 8 heavy (non-hydrogen) atoms. The summed E-state index contributed by atoms with van der Waals surface area (Å²) in [5, 5.41) is 0. The Morgan fingerprint density at radius 3 is 2.88 bits per heavy atom. The Morgan fingerprint density at radius 1 is 1.75 bits per heavy atom. The number of hydrogen-bond acceptors (Lipinski definition) is 2. The lowest BCUT2D eigenvalue weighted by atomic mass is 10.3. The second-order valence-corrected chi connectivity index (χ2v) is 3.28. The van der Waals surface area contributed by atoms with Crippen LogP contribution < -0.4 is 0 Å². The van der Waals surface area contributed by atoms with Crippen molar-refractivity contribution < 1.29 is 4.79 Å². The minimum atomic E-state index is 0.147. The highest BCUT2D eigenvalue weighted by Crippen LogP contribution is 2.24. The summed E-state index contributed by atoms with van der Waals surface area (Å²) >= 11 is 7.04. The van der Waals surface area contributed by atoms with E-state index in [1.807, 2.05) is 0 Å². The van der Waals surface area contributed by atoms with Crippen LogP contribution in [0.4, 0.5) is 0 Å². The van der Waals surface area contributed by atoms with Gasteiger partial charge in [-0.1, -0.05) is 11.6 Å². The van der Waals surface area contributed by atoms with E-state index < -0.39 is 0 Å². The van der Waals surface area contributed by atoms with Crippen LogP contribution in [0.25, 0.3) is 0 Å². The van der Waals surface area contributed by atoms with Crippen molar-refractivity contribution in [2.24, 2.45) is 0 Å². The number of rotatable bonds is 0. The van der Waals surface area contributed by atoms with Crippen LogP contribution in [0.2, 0.25) is 0 Å². The van der Waals surface area contributed by atoms with Crippen molar-refractivity contribution in [3.05, 3.63) is 10.4 Å². The number of halogens is 1. The first-order chi connectivity index (χ1) is 3.79. The molecule has 0 aliphatic carbocycles. The Hall–Kier alpha value is 0.0500. The summed E-state index contributed by atoms with van der Waals surface area (Å²) in [5.74, 6) is 0.988. The van der Waals surface area contributed by atoms with E-state index in [0.717, 1.165) is 5.75 Å². The number of carbonyl (C=O) groups is 1. The Morgan fingerprint density at radius 2 is 2.50 bits per heavy atom. The summed E-state index contributed by atoms with van der Waals surface area (Å²) in [4.78, 5) is 10.5. The maximum Gasteiger partial charge on any atom is 0.158 e. The van der Waals surface area contributed by atoms with Gasteiger partial charge in [0.1, 0.15) is 0 Å². The van der Waals surface area contributed by atoms with Crippen molar-refractivity contribution in [1.29, 1.82) is 0 Å². The highest BCUT2D eigenvalue weighted by molar-refractivity contribution is 8.04. The zero-order chi connectivity index (χ0) is 5.98. The molecule has 0 atom stereocenters. The van der Waals surface area contributed by atoms with Crippen molar-refractivity contribution in [1.82, 2.24) is 0 Å². The lowest BCUT2D eigenvalue weighted by Gasteiger charge is -2.02. The number of allylic oxidation sites excluding steroid dienone is 1. The van der Waals surface area contributed by atoms with Gasteiger partial charge in [0, 0.05) is 18.2 Å². The molecule has 3 heteroatoms. The van der Waals surface area contributed by atoms with Gasteiger partial charge in [0.25, 0.3) is 0 Å². The third-order valence-corrected chi connectivity index (χ3v) is 2.10. The van der Waals surface area contributed by atoms with Crippen LogP contribution in [0.1, 0.15) is 6.42 Å². The van der Waals surface area contributed by atoms with E-state index in [0.29, 0.717) is 10.8 Å². The Bertz CT molecular complexity index is 141. The average Bonchev–Trinajstić information content (AvgIpc) is 1.64. The molecular formula is C5H5ClOS. The molecule has 0 bridgehead atoms. The maximum atomic E-state index is 10.5. The second-order valence-electron chi connectivity index (χ2n) is 1.51. The molecule has 0 fully saturated rings. The molecule has 0 aromatic rings. The zero-order valence-corrected chi connectivity index (χ0v) is 5.76. The highest BCUT2D eigenvalue weighted by Gasteiger charge is 2.06. The Balaban J connectivity index is 2.64. The molecule has 1 rings (SSSR count). The van der Waals surface area contributed by atoms with Crippen LogP contribution in [0, 0.1) is 0 Å². The van der Waals surface area contributed by atoms with E-state index >= 15 is 0 Å². The largest absolute Gasteiger partial charge is 0.295 e. The summed E-state index contributed by atoms with van der Waals surface area (Å²) in [7, 11) is 0. The molecule has 0 radical (unpaired) electrons. The molecular weight excluding hydrogens is 144 g/mol. The van der Waals surface area contributed by atoms with Gasteiger partial charge in [-0.2, -0.15) is 0 Å². The van der Waals surface area contributed by atoms with Gasteiger partial charge in [0.15, 0.2) is 5.78 Å². The van der Waals surface area contributed by atoms with Gasteiger partial charge in [0.05, 0.1) is 4.36 Å². The molecule has 0 unspecified atom stereocenters. The summed E-state index contributed by atoms with van der Waals surface area (Å²) in [6.07, 6.45) is 2.12. The van der Waals surface area contributed by atoms with Crippen LogP contribution in [-0.2, 0) is 4.79 Å². The molecule has 1 aliphatic rings. The maximum absolute atomic E-state index is 10.5. The fourth-order valence-electron chi connectivity index (χ4n) is 0.490. The predicted octanol–water partition coefficient (Wildman–Crippen LogP) is 1.77. The first kappa shape index (κ1) is 6.17. The normalized spacial score (nSPS) is 20.6. The number of hydrogen-bond donors (Lipinski definition) is 0. The molecule has 0 spiro atoms. The lowest BCUT2D eigenvalue weighted by Crippen LogP contribution is -1.99. The van der Waals surface area contributed by atoms with Gasteiger partial charge >= 0.3 is 0 Å². The van der Waals surface area contributed by atoms with Gasteiger partial charge < -0.3 is 0 Å². The van der Waals surface area contributed by atoms with E-state index in [1.165, 1.54) is 17.8 Å². The molecule has 0 aromatic heterocycles. The third kappa shape index (κ3) is 1.53. The molecule has 0 amide bonds. The Labute approximate surface area is 57.1 Å². The number of ketones is 1. The zero-order valence-electron chi connectivity index (χ0n) is 4.19. The van der Waals surface area contributed by atoms with Crippen molar-refractivity contribution in [2.45, 2.75) is 6.42 Å². The van der Waals surface area contributed by atoms with Crippen molar-refractivity contribution in [2.75, 3.05) is 5.75 Å². The number of carbonyl (C=O) groups excluding carboxylic acids is 1. The second kappa shape index (κ2) is 2.55. The average molecular weight is 149 g/mol. The summed E-state index contributed by atoms with van der Waals surface area (Å²) in [6, 6.07) is 0. The molecule has 0 N–H and O–H groups in total. The molecule has 0 saturated heterocycles. The SMILES string of the molecule is O=C1C=C(Cl)SCC1. The fraction of sp³-hybridized carbons (Fsp3) is 0.400. The molecule has 1 nitrogen and oxygen atoms in total. The van der Waals surface area contributed by atoms with Crippen LogP contribution in [0.3, 0.4) is 0 Å². The van der Waals surface area contributed by atoms with Gasteiger partial charge in [-0.05, 0) is 0 Å². The quantitative estimate of drug-likeness (QED) is 0.521. The minimum absolute atomic E-state index is 0.147. The third-order valence-electron chi connectivity index (χ3n) is 0.863. The Kier molecular flexibility index (Phi) is 1.97. The van der Waals surface area contributed by atoms with Crippen molar-refractivity contribution in [3.8, 4) is 0 Å². The predicted molar refractivity (Wildman–Crippen MR) is 36.0 cm³/mol. The lowest BCUT2D eigenvalue weighted by molar-refractivity contribution is -0.114. The van der Waals surface area contributed by atoms with E-state index in [4.69, 9.17) is 11.6 Å². The first-order valence-corrected chi connectivity index (χ1v) is 3.68. The first-order valence-electron chi connectivity index (χ1n) is 2.32. The molecule has 1 aliphatic heterocycles. The standard InChI is InChI=1S/C5H5ClOS/c6-5-3-4(7)1-2-8-5/h3H,1-2H2. The molecule has 0 saturated carbocycles. The van der Waals surface area contributed by atoms with Crippen molar-refractivity contribution >= 4 is 29.1 Å². The topological polar surface area (TPSA) is 17.1 Å². The summed E-state index contributed by atoms with van der Waals surface area (Å²) in [6.45, 7) is 0. The van der Waals surface area contributed by atoms with Crippen LogP contribution >= 0.6 is 23.4 Å². The monoisotopic (exact) mass is 148 g/mol. The number of thioether (sulfide) groups is 1.